The first-order valence-electron chi connectivity index (χ1n) is 7.12. The molecule has 0 saturated heterocycles. The van der Waals surface area contributed by atoms with Gasteiger partial charge in [-0.1, -0.05) is 59.7 Å². The average Bonchev–Trinajstić information content (AvgIpc) is 2.34. The molecule has 0 fully saturated rings. The summed E-state index contributed by atoms with van der Waals surface area (Å²) in [6.45, 7) is 13.1. The Morgan fingerprint density at radius 1 is 0.800 bits per heavy atom. The second kappa shape index (κ2) is 4.63. The lowest BCUT2D eigenvalue weighted by molar-refractivity contribution is 0.589. The number of rotatable bonds is 0. The predicted molar refractivity (Wildman–Crippen MR) is 86.1 cm³/mol. The Morgan fingerprint density at radius 2 is 1.40 bits per heavy atom. The van der Waals surface area contributed by atoms with Crippen molar-refractivity contribution in [1.82, 2.24) is 0 Å². The molecule has 104 valence electrons. The van der Waals surface area contributed by atoms with Crippen molar-refractivity contribution in [2.75, 3.05) is 0 Å². The number of nitriles is 1. The van der Waals surface area contributed by atoms with E-state index in [4.69, 9.17) is 0 Å². The molecule has 2 aromatic rings. The molecule has 0 aliphatic rings. The summed E-state index contributed by atoms with van der Waals surface area (Å²) in [6, 6.07) is 13.1. The highest BCUT2D eigenvalue weighted by molar-refractivity contribution is 5.89. The highest BCUT2D eigenvalue weighted by atomic mass is 14.3. The molecule has 20 heavy (non-hydrogen) atoms. The predicted octanol–water partition coefficient (Wildman–Crippen LogP) is 5.31. The van der Waals surface area contributed by atoms with Crippen LogP contribution in [0.25, 0.3) is 10.8 Å². The van der Waals surface area contributed by atoms with Gasteiger partial charge in [0.15, 0.2) is 0 Å². The van der Waals surface area contributed by atoms with Crippen LogP contribution in [-0.4, -0.2) is 0 Å². The lowest BCUT2D eigenvalue weighted by Gasteiger charge is -2.22. The normalized spacial score (nSPS) is 12.4. The molecule has 0 radical (unpaired) electrons. The van der Waals surface area contributed by atoms with Crippen LogP contribution in [0.3, 0.4) is 0 Å². The third kappa shape index (κ3) is 2.70. The minimum atomic E-state index is 0.0580. The Kier molecular flexibility index (Phi) is 3.38. The smallest absolute Gasteiger partial charge is 0.0998 e. The zero-order valence-corrected chi connectivity index (χ0v) is 13.3. The molecule has 0 aliphatic carbocycles. The Balaban J connectivity index is 2.76. The molecule has 0 atom stereocenters. The summed E-state index contributed by atoms with van der Waals surface area (Å²) in [4.78, 5) is 0. The summed E-state index contributed by atoms with van der Waals surface area (Å²) in [5.41, 5.74) is 3.42. The molecule has 1 heteroatoms. The van der Waals surface area contributed by atoms with Gasteiger partial charge in [0.1, 0.15) is 0 Å². The van der Waals surface area contributed by atoms with Crippen LogP contribution in [0.15, 0.2) is 30.3 Å². The van der Waals surface area contributed by atoms with Crippen molar-refractivity contribution < 1.29 is 0 Å². The van der Waals surface area contributed by atoms with E-state index in [0.717, 1.165) is 16.3 Å². The summed E-state index contributed by atoms with van der Waals surface area (Å²) in [5.74, 6) is 0. The van der Waals surface area contributed by atoms with E-state index in [1.165, 1.54) is 11.1 Å². The van der Waals surface area contributed by atoms with Gasteiger partial charge in [-0.05, 0) is 44.9 Å². The maximum atomic E-state index is 9.47. The van der Waals surface area contributed by atoms with Crippen molar-refractivity contribution >= 4 is 10.8 Å². The van der Waals surface area contributed by atoms with Crippen molar-refractivity contribution in [1.29, 1.82) is 5.26 Å². The molecule has 0 saturated carbocycles. The molecule has 0 heterocycles. The SMILES string of the molecule is CC(C)(C)c1cc(C#N)c2cc(C(C)(C)C)ccc2c1. The Morgan fingerprint density at radius 3 is 1.90 bits per heavy atom. The molecular formula is C19H23N. The number of nitrogens with zero attached hydrogens (tertiary/aromatic N) is 1. The first kappa shape index (κ1) is 14.6. The summed E-state index contributed by atoms with van der Waals surface area (Å²) in [6.07, 6.45) is 0. The van der Waals surface area contributed by atoms with Gasteiger partial charge in [0.25, 0.3) is 0 Å². The maximum absolute atomic E-state index is 9.47. The van der Waals surface area contributed by atoms with Crippen LogP contribution in [0.2, 0.25) is 0 Å². The highest BCUT2D eigenvalue weighted by Crippen LogP contribution is 2.32. The minimum Gasteiger partial charge on any atom is -0.192 e. The molecule has 0 N–H and O–H groups in total. The van der Waals surface area contributed by atoms with Crippen molar-refractivity contribution in [3.63, 3.8) is 0 Å². The fraction of sp³-hybridized carbons (Fsp3) is 0.421. The average molecular weight is 265 g/mol. The van der Waals surface area contributed by atoms with Gasteiger partial charge in [0, 0.05) is 0 Å². The van der Waals surface area contributed by atoms with Crippen molar-refractivity contribution in [3.8, 4) is 6.07 Å². The molecule has 0 unspecified atom stereocenters. The maximum Gasteiger partial charge on any atom is 0.0998 e. The van der Waals surface area contributed by atoms with Gasteiger partial charge in [-0.25, -0.2) is 0 Å². The molecule has 0 aliphatic heterocycles. The van der Waals surface area contributed by atoms with Gasteiger partial charge in [-0.2, -0.15) is 5.26 Å². The largest absolute Gasteiger partial charge is 0.192 e. The van der Waals surface area contributed by atoms with E-state index in [1.54, 1.807) is 0 Å². The lowest BCUT2D eigenvalue weighted by Crippen LogP contribution is -2.12. The molecule has 0 bridgehead atoms. The zero-order valence-electron chi connectivity index (χ0n) is 13.3. The van der Waals surface area contributed by atoms with Crippen LogP contribution in [0, 0.1) is 11.3 Å². The van der Waals surface area contributed by atoms with Gasteiger partial charge >= 0.3 is 0 Å². The van der Waals surface area contributed by atoms with E-state index in [0.29, 0.717) is 0 Å². The third-order valence-electron chi connectivity index (χ3n) is 3.81. The van der Waals surface area contributed by atoms with Crippen LogP contribution in [0.5, 0.6) is 0 Å². The highest BCUT2D eigenvalue weighted by Gasteiger charge is 2.18. The monoisotopic (exact) mass is 265 g/mol. The van der Waals surface area contributed by atoms with Gasteiger partial charge in [-0.15, -0.1) is 0 Å². The van der Waals surface area contributed by atoms with Crippen molar-refractivity contribution in [3.05, 3.63) is 47.0 Å². The topological polar surface area (TPSA) is 23.8 Å². The molecule has 0 spiro atoms. The third-order valence-corrected chi connectivity index (χ3v) is 3.81. The Bertz CT molecular complexity index is 688. The van der Waals surface area contributed by atoms with Crippen LogP contribution < -0.4 is 0 Å². The fourth-order valence-corrected chi connectivity index (χ4v) is 2.35. The van der Waals surface area contributed by atoms with Gasteiger partial charge in [0.2, 0.25) is 0 Å². The van der Waals surface area contributed by atoms with Crippen molar-refractivity contribution in [2.45, 2.75) is 52.4 Å². The van der Waals surface area contributed by atoms with Gasteiger partial charge in [-0.3, -0.25) is 0 Å². The summed E-state index contributed by atoms with van der Waals surface area (Å²) in [5, 5.41) is 11.7. The standard InChI is InChI=1S/C19H23N/c1-18(2,3)15-8-7-13-9-16(19(4,5)6)10-14(12-20)17(13)11-15/h7-11H,1-6H3. The Hall–Kier alpha value is -1.81. The van der Waals surface area contributed by atoms with Crippen molar-refractivity contribution in [2.24, 2.45) is 0 Å². The quantitative estimate of drug-likeness (QED) is 0.633. The second-order valence-corrected chi connectivity index (χ2v) is 7.57. The molecule has 1 nitrogen and oxygen atoms in total. The van der Waals surface area contributed by atoms with E-state index in [2.05, 4.69) is 71.9 Å². The summed E-state index contributed by atoms with van der Waals surface area (Å²) >= 11 is 0. The zero-order chi connectivity index (χ0) is 15.1. The molecule has 2 aromatic carbocycles. The number of benzene rings is 2. The number of fused-ring (bicyclic) bond motifs is 1. The van der Waals surface area contributed by atoms with Crippen LogP contribution in [-0.2, 0) is 10.8 Å². The molecule has 2 rings (SSSR count). The first-order valence-corrected chi connectivity index (χ1v) is 7.12. The van der Waals surface area contributed by atoms with E-state index in [1.807, 2.05) is 6.07 Å². The lowest BCUT2D eigenvalue weighted by atomic mass is 9.82. The van der Waals surface area contributed by atoms with Crippen LogP contribution in [0.1, 0.15) is 58.2 Å². The first-order chi connectivity index (χ1) is 9.13. The molecule has 0 aromatic heterocycles. The van der Waals surface area contributed by atoms with E-state index >= 15 is 0 Å². The number of hydrogen-bond donors (Lipinski definition) is 0. The Labute approximate surface area is 122 Å². The van der Waals surface area contributed by atoms with E-state index in [9.17, 15) is 5.26 Å². The fourth-order valence-electron chi connectivity index (χ4n) is 2.35. The van der Waals surface area contributed by atoms with E-state index < -0.39 is 0 Å². The van der Waals surface area contributed by atoms with Crippen LogP contribution >= 0.6 is 0 Å². The minimum absolute atomic E-state index is 0.0580. The summed E-state index contributed by atoms with van der Waals surface area (Å²) < 4.78 is 0. The molecule has 0 amide bonds. The van der Waals surface area contributed by atoms with Gasteiger partial charge < -0.3 is 0 Å². The summed E-state index contributed by atoms with van der Waals surface area (Å²) in [7, 11) is 0. The van der Waals surface area contributed by atoms with Gasteiger partial charge in [0.05, 0.1) is 11.6 Å². The molecular weight excluding hydrogens is 242 g/mol. The van der Waals surface area contributed by atoms with E-state index in [-0.39, 0.29) is 10.8 Å². The van der Waals surface area contributed by atoms with Crippen LogP contribution in [0.4, 0.5) is 0 Å². The number of hydrogen-bond acceptors (Lipinski definition) is 1. The second-order valence-electron chi connectivity index (χ2n) is 7.57.